The van der Waals surface area contributed by atoms with Crippen molar-refractivity contribution in [3.8, 4) is 0 Å². The van der Waals surface area contributed by atoms with Gasteiger partial charge >= 0.3 is 5.63 Å². The molecule has 2 aromatic heterocycles. The number of hydrogen-bond acceptors (Lipinski definition) is 6. The van der Waals surface area contributed by atoms with Gasteiger partial charge in [0.2, 0.25) is 11.2 Å². The van der Waals surface area contributed by atoms with E-state index >= 15 is 0 Å². The Morgan fingerprint density at radius 3 is 2.69 bits per heavy atom. The van der Waals surface area contributed by atoms with Crippen LogP contribution in [0.3, 0.4) is 0 Å². The summed E-state index contributed by atoms with van der Waals surface area (Å²) in [5.74, 6) is -0.556. The molecule has 1 atom stereocenters. The molecule has 2 heterocycles. The Labute approximate surface area is 190 Å². The first-order valence-electron chi connectivity index (χ1n) is 9.66. The van der Waals surface area contributed by atoms with E-state index in [1.165, 1.54) is 24.9 Å². The van der Waals surface area contributed by atoms with Gasteiger partial charge in [-0.25, -0.2) is 19.2 Å². The lowest BCUT2D eigenvalue weighted by Gasteiger charge is -2.11. The highest BCUT2D eigenvalue weighted by molar-refractivity contribution is 7.99. The first-order chi connectivity index (χ1) is 15.5. The van der Waals surface area contributed by atoms with Crippen molar-refractivity contribution < 1.29 is 13.0 Å². The maximum absolute atomic E-state index is 14.9. The number of aryl methyl sites for hydroxylation is 1. The second kappa shape index (κ2) is 9.60. The molecule has 0 amide bonds. The van der Waals surface area contributed by atoms with Gasteiger partial charge in [-0.15, -0.1) is 4.72 Å². The zero-order valence-corrected chi connectivity index (χ0v) is 19.0. The molecule has 0 aliphatic rings. The third-order valence-corrected chi connectivity index (χ3v) is 6.61. The largest absolute Gasteiger partial charge is 0.422 e. The summed E-state index contributed by atoms with van der Waals surface area (Å²) in [7, 11) is 1.51. The van der Waals surface area contributed by atoms with E-state index in [0.29, 0.717) is 21.9 Å². The van der Waals surface area contributed by atoms with Crippen LogP contribution in [0.25, 0.3) is 11.0 Å². The zero-order chi connectivity index (χ0) is 22.7. The molecule has 164 valence electrons. The molecule has 0 saturated carbocycles. The maximum Gasteiger partial charge on any atom is 0.340 e. The van der Waals surface area contributed by atoms with Gasteiger partial charge in [-0.1, -0.05) is 16.3 Å². The topological polar surface area (TPSA) is 97.1 Å². The van der Waals surface area contributed by atoms with E-state index in [1.807, 2.05) is 19.1 Å². The van der Waals surface area contributed by atoms with E-state index in [0.717, 1.165) is 15.8 Å². The molecular weight excluding hydrogens is 451 g/mol. The minimum absolute atomic E-state index is 0.0517. The van der Waals surface area contributed by atoms with E-state index in [9.17, 15) is 13.4 Å². The molecule has 2 N–H and O–H groups in total. The third-order valence-electron chi connectivity index (χ3n) is 4.88. The van der Waals surface area contributed by atoms with Crippen LogP contribution in [0.1, 0.15) is 16.7 Å². The summed E-state index contributed by atoms with van der Waals surface area (Å²) in [6, 6.07) is 12.0. The minimum atomic E-state index is -1.98. The summed E-state index contributed by atoms with van der Waals surface area (Å²) in [6.07, 6.45) is 3.37. The fraction of sp³-hybridized carbons (Fsp3) is 0.136. The predicted octanol–water partition coefficient (Wildman–Crippen LogP) is 3.93. The van der Waals surface area contributed by atoms with E-state index in [4.69, 9.17) is 4.42 Å². The lowest BCUT2D eigenvalue weighted by Crippen LogP contribution is -2.19. The van der Waals surface area contributed by atoms with Gasteiger partial charge in [0, 0.05) is 41.7 Å². The average Bonchev–Trinajstić information content (AvgIpc) is 2.79. The average molecular weight is 472 g/mol. The van der Waals surface area contributed by atoms with Crippen LogP contribution in [0.5, 0.6) is 0 Å². The minimum Gasteiger partial charge on any atom is -0.422 e. The fourth-order valence-corrected chi connectivity index (χ4v) is 4.49. The first kappa shape index (κ1) is 22.1. The Morgan fingerprint density at radius 1 is 1.16 bits per heavy atom. The SMILES string of the molecule is CN[SH+](=O)Nc1cccc(Cc2c(C)c3ccc(Sc4ncccn4)cc3oc2=O)c1F. The third kappa shape index (κ3) is 4.72. The Hall–Kier alpha value is -3.08. The Kier molecular flexibility index (Phi) is 6.63. The Balaban J connectivity index is 1.67. The summed E-state index contributed by atoms with van der Waals surface area (Å²) < 4.78 is 37.3. The standard InChI is InChI=1S/C22H19FN4O3S2/c1-13-16-8-7-15(31-22-25-9-4-10-26-22)12-19(16)30-21(28)17(13)11-14-5-3-6-18(20(14)23)27-32(29)24-2/h3-10,12H,11H2,1-2H3,(H2,24,27,29)/p+1. The van der Waals surface area contributed by atoms with Gasteiger partial charge in [-0.3, -0.25) is 0 Å². The molecule has 0 bridgehead atoms. The number of benzene rings is 2. The molecule has 32 heavy (non-hydrogen) atoms. The van der Waals surface area contributed by atoms with Crippen molar-refractivity contribution in [3.05, 3.63) is 87.8 Å². The van der Waals surface area contributed by atoms with Crippen LogP contribution in [0.2, 0.25) is 0 Å². The molecule has 0 spiro atoms. The molecule has 0 aliphatic heterocycles. The van der Waals surface area contributed by atoms with Crippen molar-refractivity contribution in [1.82, 2.24) is 14.7 Å². The van der Waals surface area contributed by atoms with Gasteiger partial charge in [0.15, 0.2) is 11.0 Å². The number of nitrogens with one attached hydrogen (secondary N) is 2. The molecule has 2 aromatic carbocycles. The highest BCUT2D eigenvalue weighted by atomic mass is 32.2. The predicted molar refractivity (Wildman–Crippen MR) is 125 cm³/mol. The summed E-state index contributed by atoms with van der Waals surface area (Å²) >= 11 is -0.620. The highest BCUT2D eigenvalue weighted by Gasteiger charge is 2.17. The number of nitrogens with zero attached hydrogens (tertiary/aromatic N) is 2. The summed E-state index contributed by atoms with van der Waals surface area (Å²) in [6.45, 7) is 1.82. The first-order valence-corrected chi connectivity index (χ1v) is 11.7. The lowest BCUT2D eigenvalue weighted by atomic mass is 9.99. The van der Waals surface area contributed by atoms with Crippen LogP contribution in [0.4, 0.5) is 10.1 Å². The molecule has 1 unspecified atom stereocenters. The number of halogens is 1. The van der Waals surface area contributed by atoms with Crippen molar-refractivity contribution in [1.29, 1.82) is 0 Å². The van der Waals surface area contributed by atoms with Gasteiger partial charge < -0.3 is 4.42 Å². The molecule has 10 heteroatoms. The van der Waals surface area contributed by atoms with Crippen LogP contribution < -0.4 is 15.1 Å². The molecule has 0 aliphatic carbocycles. The van der Waals surface area contributed by atoms with Crippen LogP contribution >= 0.6 is 11.8 Å². The van der Waals surface area contributed by atoms with Gasteiger partial charge in [-0.05, 0) is 60.1 Å². The molecule has 0 fully saturated rings. The Bertz CT molecular complexity index is 1360. The molecule has 0 radical (unpaired) electrons. The van der Waals surface area contributed by atoms with Gasteiger partial charge in [0.05, 0.1) is 0 Å². The van der Waals surface area contributed by atoms with Gasteiger partial charge in [0.25, 0.3) is 0 Å². The quantitative estimate of drug-likeness (QED) is 0.183. The molecule has 7 nitrogen and oxygen atoms in total. The number of fused-ring (bicyclic) bond motifs is 1. The molecular formula is C22H20FN4O3S2+. The van der Waals surface area contributed by atoms with Crippen molar-refractivity contribution in [2.24, 2.45) is 0 Å². The Morgan fingerprint density at radius 2 is 1.94 bits per heavy atom. The summed E-state index contributed by atoms with van der Waals surface area (Å²) in [5, 5.41) is 1.36. The number of aromatic nitrogens is 2. The van der Waals surface area contributed by atoms with E-state index in [2.05, 4.69) is 19.4 Å². The monoisotopic (exact) mass is 471 g/mol. The van der Waals surface area contributed by atoms with Crippen molar-refractivity contribution >= 4 is 39.6 Å². The van der Waals surface area contributed by atoms with E-state index in [1.54, 1.807) is 36.7 Å². The van der Waals surface area contributed by atoms with E-state index < -0.39 is 22.6 Å². The zero-order valence-electron chi connectivity index (χ0n) is 17.3. The van der Waals surface area contributed by atoms with Crippen LogP contribution in [0, 0.1) is 12.7 Å². The van der Waals surface area contributed by atoms with Gasteiger partial charge in [-0.2, -0.15) is 4.72 Å². The number of hydrogen-bond donors (Lipinski definition) is 2. The molecule has 0 saturated heterocycles. The molecule has 4 aromatic rings. The highest BCUT2D eigenvalue weighted by Crippen LogP contribution is 2.30. The smallest absolute Gasteiger partial charge is 0.340 e. The van der Waals surface area contributed by atoms with Crippen LogP contribution in [0.15, 0.2) is 74.1 Å². The lowest BCUT2D eigenvalue weighted by molar-refractivity contribution is 0.548. The van der Waals surface area contributed by atoms with Crippen molar-refractivity contribution in [2.75, 3.05) is 11.8 Å². The summed E-state index contributed by atoms with van der Waals surface area (Å²) in [4.78, 5) is 22.0. The van der Waals surface area contributed by atoms with Crippen molar-refractivity contribution in [2.45, 2.75) is 23.4 Å². The van der Waals surface area contributed by atoms with Crippen LogP contribution in [-0.4, -0.2) is 17.0 Å². The van der Waals surface area contributed by atoms with Gasteiger partial charge in [0.1, 0.15) is 11.3 Å². The summed E-state index contributed by atoms with van der Waals surface area (Å²) in [5.41, 5.74) is 1.43. The van der Waals surface area contributed by atoms with E-state index in [-0.39, 0.29) is 12.1 Å². The maximum atomic E-state index is 14.9. The van der Waals surface area contributed by atoms with Crippen molar-refractivity contribution in [3.63, 3.8) is 0 Å². The molecule has 4 rings (SSSR count). The fourth-order valence-electron chi connectivity index (χ4n) is 3.24. The normalized spacial score (nSPS) is 12.1. The number of anilines is 1. The number of rotatable bonds is 7. The number of thiol groups is 1. The van der Waals surface area contributed by atoms with Crippen LogP contribution in [-0.2, 0) is 21.8 Å². The second-order valence-electron chi connectivity index (χ2n) is 6.87. The second-order valence-corrected chi connectivity index (χ2v) is 9.17.